The maximum atomic E-state index is 12.1. The summed E-state index contributed by atoms with van der Waals surface area (Å²) < 4.78 is 27.8. The van der Waals surface area contributed by atoms with E-state index >= 15 is 0 Å². The Hall–Kier alpha value is -1.70. The molecule has 8 heteroatoms. The zero-order chi connectivity index (χ0) is 14.6. The average molecular weight is 313 g/mol. The quantitative estimate of drug-likeness (QED) is 0.915. The van der Waals surface area contributed by atoms with E-state index in [1.807, 2.05) is 30.3 Å². The minimum atomic E-state index is -3.74. The van der Waals surface area contributed by atoms with E-state index in [2.05, 4.69) is 14.7 Å². The van der Waals surface area contributed by atoms with Gasteiger partial charge in [0.05, 0.1) is 0 Å². The summed E-state index contributed by atoms with van der Waals surface area (Å²) in [5.41, 5.74) is 0.880. The van der Waals surface area contributed by atoms with Gasteiger partial charge in [-0.3, -0.25) is 4.72 Å². The number of hydrogen-bond donors (Lipinski definition) is 1. The van der Waals surface area contributed by atoms with Crippen LogP contribution in [-0.4, -0.2) is 29.7 Å². The van der Waals surface area contributed by atoms with Crippen molar-refractivity contribution in [3.8, 4) is 0 Å². The minimum Gasteiger partial charge on any atom is -0.252 e. The van der Waals surface area contributed by atoms with Crippen LogP contribution in [0.15, 0.2) is 42.7 Å². The van der Waals surface area contributed by atoms with Gasteiger partial charge >= 0.3 is 10.2 Å². The molecule has 0 amide bonds. The Balaban J connectivity index is 2.12. The molecule has 1 aromatic carbocycles. The second-order valence-corrected chi connectivity index (χ2v) is 6.18. The molecule has 0 unspecified atom stereocenters. The molecule has 0 saturated carbocycles. The first kappa shape index (κ1) is 14.7. The van der Waals surface area contributed by atoms with Crippen molar-refractivity contribution in [3.63, 3.8) is 0 Å². The molecule has 0 saturated heterocycles. The molecule has 106 valence electrons. The van der Waals surface area contributed by atoms with Gasteiger partial charge < -0.3 is 0 Å². The SMILES string of the molecule is CN(Cc1ccccc1)S(=O)(=O)Nc1nccnc1Cl. The van der Waals surface area contributed by atoms with Gasteiger partial charge in [-0.25, -0.2) is 9.97 Å². The van der Waals surface area contributed by atoms with Crippen molar-refractivity contribution in [2.75, 3.05) is 11.8 Å². The number of aromatic nitrogens is 2. The molecule has 2 rings (SSSR count). The van der Waals surface area contributed by atoms with Crippen molar-refractivity contribution in [2.45, 2.75) is 6.54 Å². The van der Waals surface area contributed by atoms with Crippen LogP contribution in [0.1, 0.15) is 5.56 Å². The lowest BCUT2D eigenvalue weighted by Crippen LogP contribution is -2.32. The first-order chi connectivity index (χ1) is 9.49. The third kappa shape index (κ3) is 3.66. The van der Waals surface area contributed by atoms with Crippen LogP contribution < -0.4 is 4.72 Å². The van der Waals surface area contributed by atoms with E-state index in [0.29, 0.717) is 0 Å². The van der Waals surface area contributed by atoms with E-state index in [-0.39, 0.29) is 17.5 Å². The largest absolute Gasteiger partial charge is 0.302 e. The summed E-state index contributed by atoms with van der Waals surface area (Å²) in [6, 6.07) is 9.27. The van der Waals surface area contributed by atoms with Crippen molar-refractivity contribution >= 4 is 27.6 Å². The summed E-state index contributed by atoms with van der Waals surface area (Å²) in [5.74, 6) is 0.00841. The summed E-state index contributed by atoms with van der Waals surface area (Å²) >= 11 is 5.78. The average Bonchev–Trinajstić information content (AvgIpc) is 2.42. The minimum absolute atomic E-state index is 0.00388. The molecule has 0 bridgehead atoms. The van der Waals surface area contributed by atoms with Crippen LogP contribution in [0.5, 0.6) is 0 Å². The van der Waals surface area contributed by atoms with Crippen molar-refractivity contribution in [1.29, 1.82) is 0 Å². The molecule has 6 nitrogen and oxygen atoms in total. The van der Waals surface area contributed by atoms with Crippen LogP contribution in [0.2, 0.25) is 5.15 Å². The van der Waals surface area contributed by atoms with E-state index in [4.69, 9.17) is 11.6 Å². The number of nitrogens with one attached hydrogen (secondary N) is 1. The molecule has 0 atom stereocenters. The maximum absolute atomic E-state index is 12.1. The van der Waals surface area contributed by atoms with E-state index in [0.717, 1.165) is 5.56 Å². The van der Waals surface area contributed by atoms with Gasteiger partial charge in [0.25, 0.3) is 0 Å². The van der Waals surface area contributed by atoms with Crippen LogP contribution in [0.4, 0.5) is 5.82 Å². The Labute approximate surface area is 122 Å². The predicted molar refractivity (Wildman–Crippen MR) is 77.5 cm³/mol. The third-order valence-electron chi connectivity index (χ3n) is 2.54. The van der Waals surface area contributed by atoms with Gasteiger partial charge in [0.1, 0.15) is 0 Å². The van der Waals surface area contributed by atoms with E-state index < -0.39 is 10.2 Å². The Kier molecular flexibility index (Phi) is 4.53. The fourth-order valence-electron chi connectivity index (χ4n) is 1.52. The standard InChI is InChI=1S/C12H13ClN4O2S/c1-17(9-10-5-3-2-4-6-10)20(18,19)16-12-11(13)14-7-8-15-12/h2-8H,9H2,1H3,(H,15,16). The van der Waals surface area contributed by atoms with Crippen LogP contribution in [0.3, 0.4) is 0 Å². The number of nitrogens with zero attached hydrogens (tertiary/aromatic N) is 3. The molecular weight excluding hydrogens is 300 g/mol. The number of anilines is 1. The first-order valence-electron chi connectivity index (χ1n) is 5.73. The Morgan fingerprint density at radius 2 is 1.85 bits per heavy atom. The molecule has 0 aliphatic carbocycles. The zero-order valence-electron chi connectivity index (χ0n) is 10.7. The van der Waals surface area contributed by atoms with Gasteiger partial charge in [-0.1, -0.05) is 41.9 Å². The van der Waals surface area contributed by atoms with E-state index in [1.165, 1.54) is 23.7 Å². The molecular formula is C12H13ClN4O2S. The molecule has 1 N–H and O–H groups in total. The van der Waals surface area contributed by atoms with Gasteiger partial charge in [0, 0.05) is 26.0 Å². The van der Waals surface area contributed by atoms with Gasteiger partial charge in [-0.05, 0) is 5.56 Å². The molecule has 20 heavy (non-hydrogen) atoms. The van der Waals surface area contributed by atoms with Crippen molar-refractivity contribution in [3.05, 3.63) is 53.4 Å². The highest BCUT2D eigenvalue weighted by Gasteiger charge is 2.19. The van der Waals surface area contributed by atoms with E-state index in [9.17, 15) is 8.42 Å². The van der Waals surface area contributed by atoms with E-state index in [1.54, 1.807) is 0 Å². The second kappa shape index (κ2) is 6.17. The van der Waals surface area contributed by atoms with Crippen molar-refractivity contribution in [2.24, 2.45) is 0 Å². The highest BCUT2D eigenvalue weighted by molar-refractivity contribution is 7.90. The van der Waals surface area contributed by atoms with Crippen LogP contribution >= 0.6 is 11.6 Å². The number of hydrogen-bond acceptors (Lipinski definition) is 4. The Morgan fingerprint density at radius 1 is 1.20 bits per heavy atom. The van der Waals surface area contributed by atoms with Crippen molar-refractivity contribution in [1.82, 2.24) is 14.3 Å². The topological polar surface area (TPSA) is 75.2 Å². The molecule has 0 radical (unpaired) electrons. The lowest BCUT2D eigenvalue weighted by Gasteiger charge is -2.18. The lowest BCUT2D eigenvalue weighted by atomic mass is 10.2. The summed E-state index contributed by atoms with van der Waals surface area (Å²) in [6.07, 6.45) is 2.74. The second-order valence-electron chi connectivity index (χ2n) is 4.04. The number of halogens is 1. The van der Waals surface area contributed by atoms with Crippen LogP contribution in [0.25, 0.3) is 0 Å². The zero-order valence-corrected chi connectivity index (χ0v) is 12.3. The van der Waals surface area contributed by atoms with Crippen molar-refractivity contribution < 1.29 is 8.42 Å². The molecule has 0 spiro atoms. The highest BCUT2D eigenvalue weighted by atomic mass is 35.5. The lowest BCUT2D eigenvalue weighted by molar-refractivity contribution is 0.471. The van der Waals surface area contributed by atoms with Crippen LogP contribution in [-0.2, 0) is 16.8 Å². The van der Waals surface area contributed by atoms with Gasteiger partial charge in [-0.15, -0.1) is 0 Å². The maximum Gasteiger partial charge on any atom is 0.302 e. The fraction of sp³-hybridized carbons (Fsp3) is 0.167. The summed E-state index contributed by atoms with van der Waals surface area (Å²) in [6.45, 7) is 0.244. The molecule has 1 heterocycles. The molecule has 1 aromatic heterocycles. The fourth-order valence-corrected chi connectivity index (χ4v) is 2.59. The predicted octanol–water partition coefficient (Wildman–Crippen LogP) is 1.92. The molecule has 0 aliphatic rings. The highest BCUT2D eigenvalue weighted by Crippen LogP contribution is 2.17. The monoisotopic (exact) mass is 312 g/mol. The van der Waals surface area contributed by atoms with Gasteiger partial charge in [0.2, 0.25) is 0 Å². The van der Waals surface area contributed by atoms with Gasteiger partial charge in [0.15, 0.2) is 11.0 Å². The number of rotatable bonds is 5. The first-order valence-corrected chi connectivity index (χ1v) is 7.55. The summed E-state index contributed by atoms with van der Waals surface area (Å²) in [4.78, 5) is 7.61. The third-order valence-corrected chi connectivity index (χ3v) is 4.22. The molecule has 0 aliphatic heterocycles. The Morgan fingerprint density at radius 3 is 2.50 bits per heavy atom. The normalized spacial score (nSPS) is 11.6. The number of benzene rings is 1. The molecule has 2 aromatic rings. The smallest absolute Gasteiger partial charge is 0.252 e. The van der Waals surface area contributed by atoms with Crippen LogP contribution in [0, 0.1) is 0 Å². The Bertz CT molecular complexity index is 679. The molecule has 0 fully saturated rings. The summed E-state index contributed by atoms with van der Waals surface area (Å²) in [7, 11) is -2.27. The van der Waals surface area contributed by atoms with Gasteiger partial charge in [-0.2, -0.15) is 12.7 Å². The summed E-state index contributed by atoms with van der Waals surface area (Å²) in [5, 5.41) is 0.00388.